The molecule has 0 amide bonds. The highest BCUT2D eigenvalue weighted by Gasteiger charge is 2.35. The van der Waals surface area contributed by atoms with Crippen LogP contribution in [0.25, 0.3) is 15.9 Å². The predicted molar refractivity (Wildman–Crippen MR) is 101 cm³/mol. The van der Waals surface area contributed by atoms with Crippen LogP contribution in [0.15, 0.2) is 36.7 Å². The Labute approximate surface area is 164 Å². The first kappa shape index (κ1) is 18.9. The molecule has 1 atom stereocenters. The third kappa shape index (κ3) is 3.76. The molecular weight excluding hydrogens is 383 g/mol. The first-order chi connectivity index (χ1) is 14.0. The van der Waals surface area contributed by atoms with Crippen LogP contribution >= 0.6 is 0 Å². The average Bonchev–Trinajstić information content (AvgIpc) is 3.20. The van der Waals surface area contributed by atoms with Gasteiger partial charge in [-0.05, 0) is 24.6 Å². The quantitative estimate of drug-likeness (QED) is 0.671. The van der Waals surface area contributed by atoms with Crippen molar-refractivity contribution in [1.82, 2.24) is 19.9 Å². The summed E-state index contributed by atoms with van der Waals surface area (Å²) in [7, 11) is 0. The van der Waals surface area contributed by atoms with Gasteiger partial charge in [0.05, 0.1) is 5.39 Å². The number of nitrogens with zero attached hydrogens (tertiary/aromatic N) is 6. The zero-order valence-electron chi connectivity index (χ0n) is 15.2. The normalized spacial score (nSPS) is 16.8. The molecule has 1 aliphatic rings. The summed E-state index contributed by atoms with van der Waals surface area (Å²) in [6.45, 7) is 7.88. The van der Waals surface area contributed by atoms with E-state index in [4.69, 9.17) is 6.57 Å². The Bertz CT molecular complexity index is 1080. The maximum atomic E-state index is 13.2. The van der Waals surface area contributed by atoms with Crippen LogP contribution in [0, 0.1) is 6.57 Å². The van der Waals surface area contributed by atoms with E-state index in [2.05, 4.69) is 30.1 Å². The van der Waals surface area contributed by atoms with E-state index in [1.807, 2.05) is 0 Å². The van der Waals surface area contributed by atoms with E-state index in [1.54, 1.807) is 23.2 Å². The van der Waals surface area contributed by atoms with E-state index in [0.717, 1.165) is 19.0 Å². The molecule has 0 radical (unpaired) electrons. The Hall–Kier alpha value is -3.48. The minimum absolute atomic E-state index is 0.0115. The van der Waals surface area contributed by atoms with Crippen molar-refractivity contribution in [3.8, 4) is 0 Å². The Morgan fingerprint density at radius 1 is 1.17 bits per heavy atom. The van der Waals surface area contributed by atoms with Gasteiger partial charge >= 0.3 is 12.3 Å². The van der Waals surface area contributed by atoms with Crippen molar-refractivity contribution in [3.63, 3.8) is 0 Å². The summed E-state index contributed by atoms with van der Waals surface area (Å²) in [6, 6.07) is 6.29. The first-order valence-corrected chi connectivity index (χ1v) is 8.98. The fourth-order valence-electron chi connectivity index (χ4n) is 3.35. The van der Waals surface area contributed by atoms with E-state index in [9.17, 15) is 13.2 Å². The molecule has 3 aromatic rings. The minimum atomic E-state index is -4.54. The van der Waals surface area contributed by atoms with Crippen molar-refractivity contribution < 1.29 is 13.2 Å². The first-order valence-electron chi connectivity index (χ1n) is 8.98. The van der Waals surface area contributed by atoms with Crippen LogP contribution in [0.3, 0.4) is 0 Å². The molecule has 0 saturated carbocycles. The second-order valence-electron chi connectivity index (χ2n) is 6.55. The number of nitrogens with one attached hydrogen (secondary N) is 1. The molecule has 4 rings (SSSR count). The Kier molecular flexibility index (Phi) is 4.88. The predicted octanol–water partition coefficient (Wildman–Crippen LogP) is 3.90. The molecule has 148 valence electrons. The second kappa shape index (κ2) is 7.50. The lowest BCUT2D eigenvalue weighted by atomic mass is 10.2. The van der Waals surface area contributed by atoms with Gasteiger partial charge in [-0.15, -0.1) is 0 Å². The van der Waals surface area contributed by atoms with Gasteiger partial charge in [-0.1, -0.05) is 6.07 Å². The maximum absolute atomic E-state index is 13.2. The summed E-state index contributed by atoms with van der Waals surface area (Å²) in [5.74, 6) is 0.713. The second-order valence-corrected chi connectivity index (χ2v) is 6.55. The van der Waals surface area contributed by atoms with Gasteiger partial charge in [-0.2, -0.15) is 23.1 Å². The molecule has 1 N–H and O–H groups in total. The fraction of sp³-hybridized carbons (Fsp3) is 0.316. The molecular formula is C19H16F3N7. The standard InChI is InChI=1S/C19H16F3N7/c1-23-14-7-4-10-29(14)18-27-16-13(6-3-9-25-16)17(28-18)26-11-12-5-2-8-24-15(12)19(20,21)22/h2-3,5-6,8-9,14H,4,7,10-11H2,(H,25,26,27,28). The van der Waals surface area contributed by atoms with Crippen LogP contribution in [0.1, 0.15) is 24.1 Å². The number of rotatable bonds is 4. The van der Waals surface area contributed by atoms with Crippen molar-refractivity contribution >= 4 is 22.8 Å². The zero-order valence-corrected chi connectivity index (χ0v) is 15.2. The number of fused-ring (bicyclic) bond motifs is 1. The largest absolute Gasteiger partial charge is 0.433 e. The van der Waals surface area contributed by atoms with Gasteiger partial charge in [0.1, 0.15) is 11.5 Å². The lowest BCUT2D eigenvalue weighted by molar-refractivity contribution is -0.141. The van der Waals surface area contributed by atoms with Crippen molar-refractivity contribution in [3.05, 3.63) is 59.3 Å². The van der Waals surface area contributed by atoms with Crippen molar-refractivity contribution in [2.45, 2.75) is 31.7 Å². The number of anilines is 2. The summed E-state index contributed by atoms with van der Waals surface area (Å²) >= 11 is 0. The van der Waals surface area contributed by atoms with Crippen molar-refractivity contribution in [2.75, 3.05) is 16.8 Å². The molecule has 1 fully saturated rings. The van der Waals surface area contributed by atoms with E-state index in [0.29, 0.717) is 29.3 Å². The maximum Gasteiger partial charge on any atom is 0.433 e. The number of alkyl halides is 3. The van der Waals surface area contributed by atoms with Crippen LogP contribution < -0.4 is 10.2 Å². The molecule has 3 aromatic heterocycles. The summed E-state index contributed by atoms with van der Waals surface area (Å²) < 4.78 is 39.7. The van der Waals surface area contributed by atoms with Crippen LogP contribution in [0.5, 0.6) is 0 Å². The minimum Gasteiger partial charge on any atom is -0.365 e. The molecule has 0 aliphatic carbocycles. The summed E-state index contributed by atoms with van der Waals surface area (Å²) in [6.07, 6.45) is -0.616. The highest BCUT2D eigenvalue weighted by atomic mass is 19.4. The molecule has 0 bridgehead atoms. The van der Waals surface area contributed by atoms with Crippen LogP contribution in [-0.4, -0.2) is 32.6 Å². The lowest BCUT2D eigenvalue weighted by Crippen LogP contribution is -2.28. The van der Waals surface area contributed by atoms with E-state index in [-0.39, 0.29) is 18.3 Å². The fourth-order valence-corrected chi connectivity index (χ4v) is 3.35. The van der Waals surface area contributed by atoms with Gasteiger partial charge in [0.2, 0.25) is 5.95 Å². The van der Waals surface area contributed by atoms with E-state index >= 15 is 0 Å². The van der Waals surface area contributed by atoms with Gasteiger partial charge < -0.3 is 5.32 Å². The van der Waals surface area contributed by atoms with Crippen LogP contribution in [-0.2, 0) is 12.7 Å². The molecule has 29 heavy (non-hydrogen) atoms. The summed E-state index contributed by atoms with van der Waals surface area (Å²) in [4.78, 5) is 22.1. The molecule has 1 saturated heterocycles. The molecule has 1 aliphatic heterocycles. The third-order valence-corrected chi connectivity index (χ3v) is 4.69. The molecule has 0 spiro atoms. The number of aromatic nitrogens is 4. The highest BCUT2D eigenvalue weighted by Crippen LogP contribution is 2.31. The number of hydrogen-bond donors (Lipinski definition) is 1. The van der Waals surface area contributed by atoms with E-state index < -0.39 is 11.9 Å². The van der Waals surface area contributed by atoms with Gasteiger partial charge in [-0.25, -0.2) is 11.6 Å². The number of halogens is 3. The van der Waals surface area contributed by atoms with Crippen molar-refractivity contribution in [2.24, 2.45) is 0 Å². The van der Waals surface area contributed by atoms with Gasteiger partial charge in [0, 0.05) is 37.5 Å². The topological polar surface area (TPSA) is 71.2 Å². The van der Waals surface area contributed by atoms with Crippen LogP contribution in [0.4, 0.5) is 24.9 Å². The summed E-state index contributed by atoms with van der Waals surface area (Å²) in [5.41, 5.74) is -0.507. The highest BCUT2D eigenvalue weighted by molar-refractivity contribution is 5.87. The summed E-state index contributed by atoms with van der Waals surface area (Å²) in [5, 5.41) is 3.57. The van der Waals surface area contributed by atoms with E-state index in [1.165, 1.54) is 12.1 Å². The Morgan fingerprint density at radius 2 is 1.97 bits per heavy atom. The van der Waals surface area contributed by atoms with Gasteiger partial charge in [0.15, 0.2) is 5.65 Å². The average molecular weight is 399 g/mol. The van der Waals surface area contributed by atoms with Gasteiger partial charge in [-0.3, -0.25) is 14.7 Å². The zero-order chi connectivity index (χ0) is 20.4. The Balaban J connectivity index is 1.70. The van der Waals surface area contributed by atoms with Gasteiger partial charge in [0.25, 0.3) is 0 Å². The number of hydrogen-bond acceptors (Lipinski definition) is 6. The number of pyridine rings is 2. The third-order valence-electron chi connectivity index (χ3n) is 4.69. The smallest absolute Gasteiger partial charge is 0.365 e. The lowest BCUT2D eigenvalue weighted by Gasteiger charge is -2.18. The monoisotopic (exact) mass is 399 g/mol. The van der Waals surface area contributed by atoms with Crippen LogP contribution in [0.2, 0.25) is 0 Å². The molecule has 4 heterocycles. The Morgan fingerprint density at radius 3 is 2.76 bits per heavy atom. The molecule has 1 unspecified atom stereocenters. The molecule has 0 aromatic carbocycles. The van der Waals surface area contributed by atoms with Crippen molar-refractivity contribution in [1.29, 1.82) is 0 Å². The molecule has 7 nitrogen and oxygen atoms in total. The molecule has 10 heteroatoms. The SMILES string of the molecule is [C-]#[N+]C1CCCN1c1nc(NCc2cccnc2C(F)(F)F)c2cccnc2n1.